The van der Waals surface area contributed by atoms with Crippen LogP contribution < -0.4 is 4.31 Å². The predicted molar refractivity (Wildman–Crippen MR) is 68.2 cm³/mol. The van der Waals surface area contributed by atoms with Gasteiger partial charge in [-0.3, -0.25) is 4.31 Å². The zero-order valence-electron chi connectivity index (χ0n) is 9.86. The van der Waals surface area contributed by atoms with Gasteiger partial charge in [0.05, 0.1) is 17.3 Å². The van der Waals surface area contributed by atoms with Crippen LogP contribution in [-0.4, -0.2) is 35.2 Å². The van der Waals surface area contributed by atoms with E-state index in [0.717, 1.165) is 10.6 Å². The van der Waals surface area contributed by atoms with Crippen molar-refractivity contribution in [2.45, 2.75) is 0 Å². The molecule has 0 heterocycles. The van der Waals surface area contributed by atoms with Gasteiger partial charge in [-0.05, 0) is 24.3 Å². The van der Waals surface area contributed by atoms with Crippen LogP contribution in [0.1, 0.15) is 5.56 Å². The average molecular weight is 288 g/mol. The zero-order valence-corrected chi connectivity index (χ0v) is 11.5. The largest absolute Gasteiger partial charge is 0.272 e. The maximum atomic E-state index is 11.8. The Hall–Kier alpha value is -1.59. The van der Waals surface area contributed by atoms with Crippen LogP contribution in [0.3, 0.4) is 0 Å². The molecule has 1 aromatic rings. The third kappa shape index (κ3) is 3.72. The second kappa shape index (κ2) is 4.96. The molecule has 18 heavy (non-hydrogen) atoms. The van der Waals surface area contributed by atoms with E-state index in [1.54, 1.807) is 0 Å². The molecule has 6 nitrogen and oxygen atoms in total. The fraction of sp³-hybridized carbons (Fsp3) is 0.300. The first-order chi connectivity index (χ1) is 8.15. The number of benzene rings is 1. The van der Waals surface area contributed by atoms with Gasteiger partial charge in [-0.1, -0.05) is 0 Å². The third-order valence-electron chi connectivity index (χ3n) is 2.14. The molecule has 0 spiro atoms. The van der Waals surface area contributed by atoms with Crippen LogP contribution in [0.5, 0.6) is 0 Å². The Balaban J connectivity index is 3.07. The van der Waals surface area contributed by atoms with Gasteiger partial charge in [0, 0.05) is 13.3 Å². The van der Waals surface area contributed by atoms with Gasteiger partial charge >= 0.3 is 0 Å². The van der Waals surface area contributed by atoms with Crippen LogP contribution in [0.2, 0.25) is 0 Å². The Morgan fingerprint density at radius 3 is 2.06 bits per heavy atom. The van der Waals surface area contributed by atoms with E-state index >= 15 is 0 Å². The Morgan fingerprint density at radius 1 is 1.17 bits per heavy atom. The molecular weight excluding hydrogens is 276 g/mol. The van der Waals surface area contributed by atoms with Crippen LogP contribution in [0, 0.1) is 11.3 Å². The van der Waals surface area contributed by atoms with Crippen molar-refractivity contribution in [3.8, 4) is 6.07 Å². The molecule has 1 rings (SSSR count). The summed E-state index contributed by atoms with van der Waals surface area (Å²) in [5.74, 6) is 0. The Labute approximate surface area is 106 Å². The number of nitrogens with zero attached hydrogens (tertiary/aromatic N) is 2. The second-order valence-corrected chi connectivity index (χ2v) is 8.29. The smallest absolute Gasteiger partial charge is 0.249 e. The highest BCUT2D eigenvalue weighted by atomic mass is 32.3. The van der Waals surface area contributed by atoms with Crippen molar-refractivity contribution < 1.29 is 16.8 Å². The monoisotopic (exact) mass is 288 g/mol. The summed E-state index contributed by atoms with van der Waals surface area (Å²) >= 11 is 0. The summed E-state index contributed by atoms with van der Waals surface area (Å²) in [6.07, 6.45) is 0.858. The van der Waals surface area contributed by atoms with Gasteiger partial charge in [0.1, 0.15) is 0 Å². The molecule has 0 aliphatic rings. The summed E-state index contributed by atoms with van der Waals surface area (Å²) in [6.45, 7) is 0. The van der Waals surface area contributed by atoms with Gasteiger partial charge in [0.15, 0.2) is 14.9 Å². The minimum Gasteiger partial charge on any atom is -0.272 e. The number of rotatable bonds is 4. The van der Waals surface area contributed by atoms with Crippen molar-refractivity contribution in [1.29, 1.82) is 5.26 Å². The fourth-order valence-electron chi connectivity index (χ4n) is 1.26. The maximum absolute atomic E-state index is 11.8. The lowest BCUT2D eigenvalue weighted by Crippen LogP contribution is -2.31. The van der Waals surface area contributed by atoms with Crippen molar-refractivity contribution >= 4 is 25.5 Å². The molecular formula is C10H12N2O4S2. The molecule has 0 unspecified atom stereocenters. The van der Waals surface area contributed by atoms with Crippen LogP contribution in [-0.2, 0) is 19.9 Å². The van der Waals surface area contributed by atoms with E-state index in [2.05, 4.69) is 0 Å². The van der Waals surface area contributed by atoms with Gasteiger partial charge in [-0.25, -0.2) is 16.8 Å². The third-order valence-corrected chi connectivity index (χ3v) is 6.09. The second-order valence-electron chi connectivity index (χ2n) is 3.78. The van der Waals surface area contributed by atoms with E-state index in [1.165, 1.54) is 31.3 Å². The average Bonchev–Trinajstić information content (AvgIpc) is 2.25. The molecule has 0 aliphatic carbocycles. The Bertz CT molecular complexity index is 670. The topological polar surface area (TPSA) is 95.3 Å². The van der Waals surface area contributed by atoms with Crippen molar-refractivity contribution in [1.82, 2.24) is 0 Å². The molecule has 0 bridgehead atoms. The molecule has 0 saturated heterocycles. The summed E-state index contributed by atoms with van der Waals surface area (Å²) in [5, 5.41) is 7.67. The molecule has 0 atom stereocenters. The lowest BCUT2D eigenvalue weighted by Gasteiger charge is -2.18. The molecule has 0 fully saturated rings. The summed E-state index contributed by atoms with van der Waals surface area (Å²) < 4.78 is 46.5. The highest BCUT2D eigenvalue weighted by molar-refractivity contribution is 8.08. The normalized spacial score (nSPS) is 11.8. The highest BCUT2D eigenvalue weighted by Gasteiger charge is 2.23. The van der Waals surface area contributed by atoms with E-state index in [9.17, 15) is 16.8 Å². The zero-order chi connectivity index (χ0) is 14.0. The molecule has 0 amide bonds. The lowest BCUT2D eigenvalue weighted by atomic mass is 10.2. The molecule has 0 N–H and O–H groups in total. The molecule has 98 valence electrons. The molecule has 0 radical (unpaired) electrons. The van der Waals surface area contributed by atoms with Gasteiger partial charge in [0.25, 0.3) is 0 Å². The number of nitriles is 1. The minimum absolute atomic E-state index is 0.303. The quantitative estimate of drug-likeness (QED) is 0.795. The number of hydrogen-bond donors (Lipinski definition) is 0. The fourth-order valence-corrected chi connectivity index (χ4v) is 4.50. The molecule has 0 saturated carbocycles. The Kier molecular flexibility index (Phi) is 3.98. The predicted octanol–water partition coefficient (Wildman–Crippen LogP) is 0.326. The van der Waals surface area contributed by atoms with Crippen LogP contribution in [0.4, 0.5) is 5.69 Å². The highest BCUT2D eigenvalue weighted by Crippen LogP contribution is 2.17. The van der Waals surface area contributed by atoms with Gasteiger partial charge in [-0.15, -0.1) is 0 Å². The molecule has 0 aliphatic heterocycles. The first kappa shape index (κ1) is 14.5. The first-order valence-electron chi connectivity index (χ1n) is 4.80. The van der Waals surface area contributed by atoms with E-state index in [-0.39, 0.29) is 0 Å². The number of hydrogen-bond acceptors (Lipinski definition) is 5. The van der Waals surface area contributed by atoms with E-state index < -0.39 is 24.9 Å². The van der Waals surface area contributed by atoms with Gasteiger partial charge < -0.3 is 0 Å². The number of sulfone groups is 1. The lowest BCUT2D eigenvalue weighted by molar-refractivity contribution is 0.590. The number of sulfonamides is 1. The van der Waals surface area contributed by atoms with Crippen molar-refractivity contribution in [2.24, 2.45) is 0 Å². The van der Waals surface area contributed by atoms with Crippen molar-refractivity contribution in [3.05, 3.63) is 29.8 Å². The van der Waals surface area contributed by atoms with Gasteiger partial charge in [-0.2, -0.15) is 5.26 Å². The van der Waals surface area contributed by atoms with E-state index in [0.29, 0.717) is 11.3 Å². The first-order valence-corrected chi connectivity index (χ1v) is 8.47. The van der Waals surface area contributed by atoms with Crippen LogP contribution in [0.15, 0.2) is 24.3 Å². The maximum Gasteiger partial charge on any atom is 0.249 e. The summed E-state index contributed by atoms with van der Waals surface area (Å²) in [6, 6.07) is 7.71. The molecule has 0 aromatic heterocycles. The summed E-state index contributed by atoms with van der Waals surface area (Å²) in [7, 11) is -6.29. The standard InChI is InChI=1S/C10H12N2O4S2/c1-12(18(15,16)8-17(2,13)14)10-5-3-9(7-11)4-6-10/h3-6H,8H2,1-2H3. The Morgan fingerprint density at radius 2 is 1.67 bits per heavy atom. The van der Waals surface area contributed by atoms with E-state index in [4.69, 9.17) is 5.26 Å². The number of anilines is 1. The molecule has 8 heteroatoms. The SMILES string of the molecule is CN(c1ccc(C#N)cc1)S(=O)(=O)CS(C)(=O)=O. The van der Waals surface area contributed by atoms with E-state index in [1.807, 2.05) is 6.07 Å². The van der Waals surface area contributed by atoms with Gasteiger partial charge in [0.2, 0.25) is 10.0 Å². The van der Waals surface area contributed by atoms with Crippen LogP contribution >= 0.6 is 0 Å². The van der Waals surface area contributed by atoms with Crippen molar-refractivity contribution in [2.75, 3.05) is 22.7 Å². The summed E-state index contributed by atoms with van der Waals surface area (Å²) in [4.78, 5) is 0. The minimum atomic E-state index is -3.93. The summed E-state index contributed by atoms with van der Waals surface area (Å²) in [5.41, 5.74) is 0.699. The van der Waals surface area contributed by atoms with Crippen LogP contribution in [0.25, 0.3) is 0 Å². The van der Waals surface area contributed by atoms with Crippen molar-refractivity contribution in [3.63, 3.8) is 0 Å². The molecule has 1 aromatic carbocycles.